The van der Waals surface area contributed by atoms with Crippen LogP contribution in [0.25, 0.3) is 0 Å². The molecule has 0 fully saturated rings. The summed E-state index contributed by atoms with van der Waals surface area (Å²) in [7, 11) is 0. The lowest BCUT2D eigenvalue weighted by molar-refractivity contribution is -0.142. The molecule has 4 heteroatoms. The third-order valence-corrected chi connectivity index (χ3v) is 1.50. The average molecular weight is 217 g/mol. The van der Waals surface area contributed by atoms with Gasteiger partial charge < -0.3 is 10.1 Å². The van der Waals surface area contributed by atoms with Crippen LogP contribution in [0.3, 0.4) is 0 Å². The van der Waals surface area contributed by atoms with Gasteiger partial charge in [0, 0.05) is 19.9 Å². The van der Waals surface area contributed by atoms with E-state index >= 15 is 0 Å². The van der Waals surface area contributed by atoms with Crippen LogP contribution < -0.4 is 5.32 Å². The summed E-state index contributed by atoms with van der Waals surface area (Å²) in [5.74, 6) is -0.0547. The highest BCUT2D eigenvalue weighted by Gasteiger charge is 1.91. The van der Waals surface area contributed by atoms with E-state index in [0.717, 1.165) is 19.4 Å². The fraction of sp³-hybridized carbons (Fsp3) is 0.818. The number of hydrogen-bond acceptors (Lipinski definition) is 3. The van der Waals surface area contributed by atoms with Gasteiger partial charge in [0.15, 0.2) is 0 Å². The predicted molar refractivity (Wildman–Crippen MR) is 60.5 cm³/mol. The zero-order valence-electron chi connectivity index (χ0n) is 10.3. The van der Waals surface area contributed by atoms with Crippen molar-refractivity contribution in [1.82, 2.24) is 5.32 Å². The van der Waals surface area contributed by atoms with E-state index < -0.39 is 0 Å². The molecule has 0 aliphatic heterocycles. The second kappa shape index (κ2) is 12.9. The van der Waals surface area contributed by atoms with Crippen molar-refractivity contribution < 1.29 is 14.3 Å². The molecule has 0 spiro atoms. The number of ether oxygens (including phenoxy) is 1. The molecule has 1 amide bonds. The number of amides is 1. The Hall–Kier alpha value is -1.06. The Kier molecular flexibility index (Phi) is 14.1. The van der Waals surface area contributed by atoms with Crippen molar-refractivity contribution in [3.63, 3.8) is 0 Å². The minimum atomic E-state index is -0.123. The highest BCUT2D eigenvalue weighted by Crippen LogP contribution is 1.81. The molecule has 4 nitrogen and oxygen atoms in total. The summed E-state index contributed by atoms with van der Waals surface area (Å²) in [4.78, 5) is 20.4. The molecule has 0 aliphatic rings. The molecule has 0 aliphatic carbocycles. The van der Waals surface area contributed by atoms with Gasteiger partial charge in [-0.2, -0.15) is 0 Å². The van der Waals surface area contributed by atoms with E-state index in [1.54, 1.807) is 13.8 Å². The molecule has 0 bridgehead atoms. The summed E-state index contributed by atoms with van der Waals surface area (Å²) in [5.41, 5.74) is 0. The molecule has 90 valence electrons. The van der Waals surface area contributed by atoms with Crippen molar-refractivity contribution in [2.75, 3.05) is 13.2 Å². The Balaban J connectivity index is 0. The quantitative estimate of drug-likeness (QED) is 0.565. The molecule has 0 atom stereocenters. The van der Waals surface area contributed by atoms with Crippen LogP contribution in [-0.2, 0) is 14.3 Å². The molecule has 1 N–H and O–H groups in total. The number of carbonyl (C=O) groups is 2. The van der Waals surface area contributed by atoms with E-state index in [-0.39, 0.29) is 11.9 Å². The van der Waals surface area contributed by atoms with E-state index in [2.05, 4.69) is 17.0 Å². The van der Waals surface area contributed by atoms with Crippen molar-refractivity contribution in [2.45, 2.75) is 47.0 Å². The highest BCUT2D eigenvalue weighted by molar-refractivity contribution is 5.72. The highest BCUT2D eigenvalue weighted by atomic mass is 16.5. The molecule has 0 saturated heterocycles. The summed E-state index contributed by atoms with van der Waals surface area (Å²) < 4.78 is 4.55. The Labute approximate surface area is 92.4 Å². The molecule has 0 unspecified atom stereocenters. The maximum absolute atomic E-state index is 10.2. The Morgan fingerprint density at radius 2 is 1.80 bits per heavy atom. The largest absolute Gasteiger partial charge is 0.466 e. The van der Waals surface area contributed by atoms with Gasteiger partial charge in [-0.25, -0.2) is 0 Å². The standard InChI is InChI=1S/C6H13NO.C5H10O2/c1-3-4-5-7-6(2)8;1-3-5(6)7-4-2/h3-5H2,1-2H3,(H,7,8);3-4H2,1-2H3. The van der Waals surface area contributed by atoms with Crippen LogP contribution in [0.5, 0.6) is 0 Å². The van der Waals surface area contributed by atoms with Crippen LogP contribution in [0.1, 0.15) is 47.0 Å². The second-order valence-corrected chi connectivity index (χ2v) is 3.00. The fourth-order valence-corrected chi connectivity index (χ4v) is 0.704. The van der Waals surface area contributed by atoms with Crippen LogP contribution in [0.15, 0.2) is 0 Å². The molecule has 0 aromatic heterocycles. The van der Waals surface area contributed by atoms with Crippen LogP contribution in [0, 0.1) is 0 Å². The second-order valence-electron chi connectivity index (χ2n) is 3.00. The van der Waals surface area contributed by atoms with Crippen LogP contribution in [0.4, 0.5) is 0 Å². The van der Waals surface area contributed by atoms with Crippen molar-refractivity contribution in [1.29, 1.82) is 0 Å². The lowest BCUT2D eigenvalue weighted by Crippen LogP contribution is -2.20. The first kappa shape index (κ1) is 16.4. The Morgan fingerprint density at radius 1 is 1.20 bits per heavy atom. The number of rotatable bonds is 5. The van der Waals surface area contributed by atoms with Gasteiger partial charge in [0.25, 0.3) is 0 Å². The number of unbranched alkanes of at least 4 members (excludes halogenated alkanes) is 1. The SMILES string of the molecule is CCCCNC(C)=O.CCOC(=O)CC. The van der Waals surface area contributed by atoms with Crippen LogP contribution in [0.2, 0.25) is 0 Å². The number of hydrogen-bond donors (Lipinski definition) is 1. The third-order valence-electron chi connectivity index (χ3n) is 1.50. The van der Waals surface area contributed by atoms with Gasteiger partial charge in [0.05, 0.1) is 6.61 Å². The van der Waals surface area contributed by atoms with Crippen molar-refractivity contribution in [3.8, 4) is 0 Å². The minimum Gasteiger partial charge on any atom is -0.466 e. The number of carbonyl (C=O) groups excluding carboxylic acids is 2. The molecule has 0 radical (unpaired) electrons. The summed E-state index contributed by atoms with van der Waals surface area (Å²) in [5, 5.41) is 2.71. The van der Waals surface area contributed by atoms with Crippen LogP contribution in [-0.4, -0.2) is 25.0 Å². The topological polar surface area (TPSA) is 55.4 Å². The Morgan fingerprint density at radius 3 is 2.07 bits per heavy atom. The normalized spacial score (nSPS) is 8.53. The summed E-state index contributed by atoms with van der Waals surface area (Å²) in [6.07, 6.45) is 2.70. The van der Waals surface area contributed by atoms with Gasteiger partial charge in [-0.05, 0) is 13.3 Å². The van der Waals surface area contributed by atoms with Gasteiger partial charge in [-0.3, -0.25) is 9.59 Å². The van der Waals surface area contributed by atoms with Crippen LogP contribution >= 0.6 is 0 Å². The van der Waals surface area contributed by atoms with E-state index in [4.69, 9.17) is 0 Å². The molecular weight excluding hydrogens is 194 g/mol. The van der Waals surface area contributed by atoms with Gasteiger partial charge in [-0.15, -0.1) is 0 Å². The van der Waals surface area contributed by atoms with Crippen molar-refractivity contribution in [2.24, 2.45) is 0 Å². The fourth-order valence-electron chi connectivity index (χ4n) is 0.704. The summed E-state index contributed by atoms with van der Waals surface area (Å²) >= 11 is 0. The van der Waals surface area contributed by atoms with Gasteiger partial charge >= 0.3 is 5.97 Å². The van der Waals surface area contributed by atoms with Gasteiger partial charge in [-0.1, -0.05) is 20.3 Å². The van der Waals surface area contributed by atoms with Crippen molar-refractivity contribution in [3.05, 3.63) is 0 Å². The maximum Gasteiger partial charge on any atom is 0.305 e. The van der Waals surface area contributed by atoms with E-state index in [9.17, 15) is 9.59 Å². The lowest BCUT2D eigenvalue weighted by Gasteiger charge is -1.96. The van der Waals surface area contributed by atoms with E-state index in [0.29, 0.717) is 13.0 Å². The third kappa shape index (κ3) is 19.4. The average Bonchev–Trinajstić information content (AvgIpc) is 2.19. The number of nitrogens with one attached hydrogen (secondary N) is 1. The van der Waals surface area contributed by atoms with E-state index in [1.165, 1.54) is 6.92 Å². The zero-order valence-corrected chi connectivity index (χ0v) is 10.3. The molecular formula is C11H23NO3. The molecule has 0 heterocycles. The predicted octanol–water partition coefficient (Wildman–Crippen LogP) is 1.88. The van der Waals surface area contributed by atoms with E-state index in [1.807, 2.05) is 0 Å². The molecule has 0 aromatic carbocycles. The first-order valence-electron chi connectivity index (χ1n) is 5.48. The first-order chi connectivity index (χ1) is 7.08. The number of esters is 1. The minimum absolute atomic E-state index is 0.0680. The molecule has 0 saturated carbocycles. The van der Waals surface area contributed by atoms with Crippen molar-refractivity contribution >= 4 is 11.9 Å². The lowest BCUT2D eigenvalue weighted by atomic mass is 10.3. The molecule has 0 aromatic rings. The molecule has 15 heavy (non-hydrogen) atoms. The summed E-state index contributed by atoms with van der Waals surface area (Å²) in [6.45, 7) is 8.53. The van der Waals surface area contributed by atoms with Gasteiger partial charge in [0.1, 0.15) is 0 Å². The zero-order chi connectivity index (χ0) is 12.1. The maximum atomic E-state index is 10.2. The summed E-state index contributed by atoms with van der Waals surface area (Å²) in [6, 6.07) is 0. The smallest absolute Gasteiger partial charge is 0.305 e. The monoisotopic (exact) mass is 217 g/mol. The Bertz CT molecular complexity index is 169. The molecule has 0 rings (SSSR count). The first-order valence-corrected chi connectivity index (χ1v) is 5.48. The van der Waals surface area contributed by atoms with Gasteiger partial charge in [0.2, 0.25) is 5.91 Å².